The second-order valence-corrected chi connectivity index (χ2v) is 5.74. The maximum Gasteiger partial charge on any atom is 0.169 e. The summed E-state index contributed by atoms with van der Waals surface area (Å²) in [4.78, 5) is 4.87. The van der Waals surface area contributed by atoms with E-state index in [4.69, 9.17) is 12.2 Å². The van der Waals surface area contributed by atoms with Gasteiger partial charge >= 0.3 is 0 Å². The molecule has 0 amide bonds. The zero-order chi connectivity index (χ0) is 12.3. The molecule has 2 fully saturated rings. The van der Waals surface area contributed by atoms with Gasteiger partial charge in [-0.05, 0) is 38.5 Å². The van der Waals surface area contributed by atoms with Gasteiger partial charge in [0.25, 0.3) is 0 Å². The van der Waals surface area contributed by atoms with Crippen LogP contribution in [0.2, 0.25) is 0 Å². The lowest BCUT2D eigenvalue weighted by Crippen LogP contribution is -2.56. The number of nitrogens with zero attached hydrogens (tertiary/aromatic N) is 2. The molecular formula is C13H25N3S. The first kappa shape index (κ1) is 13.1. The maximum atomic E-state index is 5.53. The summed E-state index contributed by atoms with van der Waals surface area (Å²) in [6.45, 7) is 8.99. The minimum atomic E-state index is 0.622. The molecule has 2 rings (SSSR count). The third-order valence-corrected chi connectivity index (χ3v) is 4.52. The second-order valence-electron chi connectivity index (χ2n) is 5.35. The van der Waals surface area contributed by atoms with Crippen LogP contribution in [0.25, 0.3) is 0 Å². The number of rotatable bonds is 2. The molecule has 0 spiro atoms. The average molecular weight is 255 g/mol. The van der Waals surface area contributed by atoms with Crippen LogP contribution in [0.5, 0.6) is 0 Å². The summed E-state index contributed by atoms with van der Waals surface area (Å²) >= 11 is 5.53. The Labute approximate surface area is 111 Å². The van der Waals surface area contributed by atoms with Crippen LogP contribution in [0.3, 0.4) is 0 Å². The minimum Gasteiger partial charge on any atom is -0.360 e. The van der Waals surface area contributed by atoms with Crippen LogP contribution in [0.1, 0.15) is 39.5 Å². The summed E-state index contributed by atoms with van der Waals surface area (Å²) in [7, 11) is 0. The first-order valence-electron chi connectivity index (χ1n) is 7.00. The third kappa shape index (κ3) is 3.32. The van der Waals surface area contributed by atoms with Crippen molar-refractivity contribution >= 4 is 17.3 Å². The topological polar surface area (TPSA) is 18.5 Å². The molecular weight excluding hydrogens is 230 g/mol. The van der Waals surface area contributed by atoms with Gasteiger partial charge in [-0.3, -0.25) is 4.90 Å². The van der Waals surface area contributed by atoms with E-state index in [-0.39, 0.29) is 0 Å². The Hall–Kier alpha value is -0.350. The summed E-state index contributed by atoms with van der Waals surface area (Å²) in [5.74, 6) is 0. The molecule has 2 aliphatic rings. The molecule has 4 heteroatoms. The fraction of sp³-hybridized carbons (Fsp3) is 0.923. The Balaban J connectivity index is 1.80. The van der Waals surface area contributed by atoms with Crippen molar-refractivity contribution in [3.63, 3.8) is 0 Å². The zero-order valence-electron chi connectivity index (χ0n) is 11.1. The van der Waals surface area contributed by atoms with E-state index in [2.05, 4.69) is 29.0 Å². The lowest BCUT2D eigenvalue weighted by atomic mass is 10.2. The van der Waals surface area contributed by atoms with Gasteiger partial charge in [0.05, 0.1) is 0 Å². The van der Waals surface area contributed by atoms with Gasteiger partial charge in [0, 0.05) is 31.7 Å². The highest BCUT2D eigenvalue weighted by Crippen LogP contribution is 2.18. The van der Waals surface area contributed by atoms with Gasteiger partial charge in [0.15, 0.2) is 5.11 Å². The Morgan fingerprint density at radius 3 is 2.59 bits per heavy atom. The number of thiocarbonyl (C=S) groups is 1. The van der Waals surface area contributed by atoms with Crippen molar-refractivity contribution in [2.45, 2.75) is 51.6 Å². The van der Waals surface area contributed by atoms with Crippen molar-refractivity contribution in [1.29, 1.82) is 0 Å². The molecule has 1 saturated heterocycles. The average Bonchev–Trinajstić information content (AvgIpc) is 2.81. The smallest absolute Gasteiger partial charge is 0.169 e. The van der Waals surface area contributed by atoms with E-state index < -0.39 is 0 Å². The summed E-state index contributed by atoms with van der Waals surface area (Å²) in [6.07, 6.45) is 5.32. The van der Waals surface area contributed by atoms with Crippen LogP contribution in [0.15, 0.2) is 0 Å². The predicted octanol–water partition coefficient (Wildman–Crippen LogP) is 1.83. The Bertz CT molecular complexity index is 263. The van der Waals surface area contributed by atoms with Gasteiger partial charge in [-0.2, -0.15) is 0 Å². The van der Waals surface area contributed by atoms with Crippen molar-refractivity contribution in [3.05, 3.63) is 0 Å². The van der Waals surface area contributed by atoms with Gasteiger partial charge in [0.1, 0.15) is 0 Å². The van der Waals surface area contributed by atoms with E-state index in [9.17, 15) is 0 Å². The van der Waals surface area contributed by atoms with Crippen LogP contribution in [0, 0.1) is 0 Å². The third-order valence-electron chi connectivity index (χ3n) is 4.14. The highest BCUT2D eigenvalue weighted by Gasteiger charge is 2.25. The fourth-order valence-corrected chi connectivity index (χ4v) is 3.32. The van der Waals surface area contributed by atoms with E-state index in [0.29, 0.717) is 12.1 Å². The standard InChI is InChI=1S/C13H25N3S/c1-3-15-8-9-16(10-11(15)2)13(17)14-12-6-4-5-7-12/h11-12H,3-10H2,1-2H3,(H,14,17). The molecule has 0 aromatic heterocycles. The zero-order valence-corrected chi connectivity index (χ0v) is 11.9. The van der Waals surface area contributed by atoms with E-state index in [1.807, 2.05) is 0 Å². The molecule has 1 N–H and O–H groups in total. The van der Waals surface area contributed by atoms with Crippen molar-refractivity contribution in [2.75, 3.05) is 26.2 Å². The molecule has 0 aromatic rings. The number of likely N-dealkylation sites (N-methyl/N-ethyl adjacent to an activating group) is 1. The van der Waals surface area contributed by atoms with Crippen LogP contribution in [-0.4, -0.2) is 53.2 Å². The molecule has 0 aromatic carbocycles. The van der Waals surface area contributed by atoms with E-state index in [1.54, 1.807) is 0 Å². The summed E-state index contributed by atoms with van der Waals surface area (Å²) in [6, 6.07) is 1.26. The minimum absolute atomic E-state index is 0.622. The van der Waals surface area contributed by atoms with Gasteiger partial charge in [0.2, 0.25) is 0 Å². The number of hydrogen-bond donors (Lipinski definition) is 1. The van der Waals surface area contributed by atoms with Crippen molar-refractivity contribution in [1.82, 2.24) is 15.1 Å². The van der Waals surface area contributed by atoms with E-state index >= 15 is 0 Å². The molecule has 1 saturated carbocycles. The van der Waals surface area contributed by atoms with Crippen LogP contribution < -0.4 is 5.32 Å². The molecule has 1 unspecified atom stereocenters. The van der Waals surface area contributed by atoms with Crippen molar-refractivity contribution in [3.8, 4) is 0 Å². The van der Waals surface area contributed by atoms with E-state index in [0.717, 1.165) is 31.3 Å². The Morgan fingerprint density at radius 2 is 2.00 bits per heavy atom. The fourth-order valence-electron chi connectivity index (χ4n) is 2.99. The van der Waals surface area contributed by atoms with E-state index in [1.165, 1.54) is 25.7 Å². The highest BCUT2D eigenvalue weighted by molar-refractivity contribution is 7.80. The monoisotopic (exact) mass is 255 g/mol. The lowest BCUT2D eigenvalue weighted by Gasteiger charge is -2.41. The molecule has 1 atom stereocenters. The SMILES string of the molecule is CCN1CCN(C(=S)NC2CCCC2)CC1C. The van der Waals surface area contributed by atoms with Crippen LogP contribution in [-0.2, 0) is 0 Å². The van der Waals surface area contributed by atoms with Gasteiger partial charge in [-0.25, -0.2) is 0 Å². The summed E-state index contributed by atoms with van der Waals surface area (Å²) in [5, 5.41) is 4.53. The van der Waals surface area contributed by atoms with Gasteiger partial charge < -0.3 is 10.2 Å². The Morgan fingerprint density at radius 1 is 1.29 bits per heavy atom. The molecule has 17 heavy (non-hydrogen) atoms. The normalized spacial score (nSPS) is 27.4. The molecule has 1 heterocycles. The molecule has 0 bridgehead atoms. The molecule has 0 radical (unpaired) electrons. The van der Waals surface area contributed by atoms with Crippen LogP contribution in [0.4, 0.5) is 0 Å². The quantitative estimate of drug-likeness (QED) is 0.759. The molecule has 98 valence electrons. The number of nitrogens with one attached hydrogen (secondary N) is 1. The summed E-state index contributed by atoms with van der Waals surface area (Å²) < 4.78 is 0. The highest BCUT2D eigenvalue weighted by atomic mass is 32.1. The predicted molar refractivity (Wildman–Crippen MR) is 76.3 cm³/mol. The first-order valence-corrected chi connectivity index (χ1v) is 7.41. The van der Waals surface area contributed by atoms with Crippen molar-refractivity contribution in [2.24, 2.45) is 0 Å². The van der Waals surface area contributed by atoms with Gasteiger partial charge in [-0.1, -0.05) is 19.8 Å². The van der Waals surface area contributed by atoms with Crippen molar-refractivity contribution < 1.29 is 0 Å². The largest absolute Gasteiger partial charge is 0.360 e. The first-order chi connectivity index (χ1) is 8.20. The number of hydrogen-bond acceptors (Lipinski definition) is 2. The molecule has 3 nitrogen and oxygen atoms in total. The maximum absolute atomic E-state index is 5.53. The lowest BCUT2D eigenvalue weighted by molar-refractivity contribution is 0.128. The Kier molecular flexibility index (Phi) is 4.62. The van der Waals surface area contributed by atoms with Gasteiger partial charge in [-0.15, -0.1) is 0 Å². The summed E-state index contributed by atoms with van der Waals surface area (Å²) in [5.41, 5.74) is 0. The van der Waals surface area contributed by atoms with Crippen LogP contribution >= 0.6 is 12.2 Å². The second kappa shape index (κ2) is 6.01. The number of piperazine rings is 1. The molecule has 1 aliphatic heterocycles. The molecule has 1 aliphatic carbocycles.